The number of hydrogen-bond donors (Lipinski definition) is 1. The molecular weight excluding hydrogens is 344 g/mol. The molecule has 0 saturated carbocycles. The second-order valence-electron chi connectivity index (χ2n) is 6.47. The van der Waals surface area contributed by atoms with Crippen LogP contribution < -0.4 is 18.9 Å². The van der Waals surface area contributed by atoms with E-state index in [4.69, 9.17) is 18.9 Å². The fourth-order valence-corrected chi connectivity index (χ4v) is 3.56. The van der Waals surface area contributed by atoms with E-state index in [2.05, 4.69) is 6.08 Å². The molecule has 27 heavy (non-hydrogen) atoms. The Bertz CT molecular complexity index is 829. The van der Waals surface area contributed by atoms with Gasteiger partial charge in [-0.25, -0.2) is 0 Å². The van der Waals surface area contributed by atoms with E-state index >= 15 is 0 Å². The molecule has 0 radical (unpaired) electrons. The number of phenolic OH excluding ortho intramolecular Hbond substituents is 1. The van der Waals surface area contributed by atoms with E-state index in [1.165, 1.54) is 5.57 Å². The number of methoxy groups -OCH3 is 4. The molecule has 0 saturated heterocycles. The number of phenols is 1. The van der Waals surface area contributed by atoms with Crippen LogP contribution in [0.1, 0.15) is 36.0 Å². The summed E-state index contributed by atoms with van der Waals surface area (Å²) in [7, 11) is 6.41. The maximum absolute atomic E-state index is 10.5. The van der Waals surface area contributed by atoms with Crippen LogP contribution >= 0.6 is 0 Å². The number of rotatable bonds is 5. The molecule has 0 aromatic heterocycles. The normalized spacial score (nSPS) is 13.7. The number of allylic oxidation sites excluding steroid dienone is 1. The molecular formula is C22H26O5. The summed E-state index contributed by atoms with van der Waals surface area (Å²) in [6, 6.07) is 7.74. The van der Waals surface area contributed by atoms with Crippen LogP contribution in [0.2, 0.25) is 0 Å². The Balaban J connectivity index is 2.13. The van der Waals surface area contributed by atoms with E-state index in [0.717, 1.165) is 42.4 Å². The molecule has 144 valence electrons. The van der Waals surface area contributed by atoms with Crippen LogP contribution in [0.5, 0.6) is 28.7 Å². The number of benzene rings is 2. The molecule has 0 heterocycles. The predicted molar refractivity (Wildman–Crippen MR) is 106 cm³/mol. The fraction of sp³-hybridized carbons (Fsp3) is 0.364. The minimum Gasteiger partial charge on any atom is -0.504 e. The molecule has 0 spiro atoms. The maximum Gasteiger partial charge on any atom is 0.203 e. The topological polar surface area (TPSA) is 57.2 Å². The van der Waals surface area contributed by atoms with Crippen LogP contribution in [0, 0.1) is 0 Å². The molecule has 3 rings (SSSR count). The molecule has 0 aliphatic heterocycles. The van der Waals surface area contributed by atoms with Gasteiger partial charge in [0.1, 0.15) is 0 Å². The summed E-state index contributed by atoms with van der Waals surface area (Å²) in [6.45, 7) is 0. The van der Waals surface area contributed by atoms with Crippen LogP contribution in [0.15, 0.2) is 24.3 Å². The molecule has 5 nitrogen and oxygen atoms in total. The van der Waals surface area contributed by atoms with Gasteiger partial charge in [-0.05, 0) is 60.6 Å². The van der Waals surface area contributed by atoms with Crippen molar-refractivity contribution in [2.24, 2.45) is 0 Å². The second-order valence-corrected chi connectivity index (χ2v) is 6.47. The van der Waals surface area contributed by atoms with Crippen molar-refractivity contribution in [2.45, 2.75) is 25.7 Å². The Labute approximate surface area is 160 Å². The zero-order valence-electron chi connectivity index (χ0n) is 16.3. The van der Waals surface area contributed by atoms with Gasteiger partial charge in [0.2, 0.25) is 5.75 Å². The number of aromatic hydroxyl groups is 1. The molecule has 0 fully saturated rings. The Morgan fingerprint density at radius 1 is 0.778 bits per heavy atom. The first kappa shape index (κ1) is 19.0. The van der Waals surface area contributed by atoms with E-state index < -0.39 is 0 Å². The summed E-state index contributed by atoms with van der Waals surface area (Å²) in [4.78, 5) is 0. The number of ether oxygens (including phenoxy) is 4. The molecule has 2 aromatic rings. The Morgan fingerprint density at radius 3 is 2.00 bits per heavy atom. The van der Waals surface area contributed by atoms with Crippen LogP contribution in [0.25, 0.3) is 11.6 Å². The third-order valence-corrected chi connectivity index (χ3v) is 4.99. The second kappa shape index (κ2) is 8.25. The molecule has 0 amide bonds. The quantitative estimate of drug-likeness (QED) is 0.827. The van der Waals surface area contributed by atoms with Crippen molar-refractivity contribution in [3.05, 3.63) is 41.0 Å². The van der Waals surface area contributed by atoms with Crippen LogP contribution in [-0.4, -0.2) is 33.5 Å². The molecule has 1 N–H and O–H groups in total. The Morgan fingerprint density at radius 2 is 1.41 bits per heavy atom. The molecule has 1 aliphatic carbocycles. The highest BCUT2D eigenvalue weighted by Crippen LogP contribution is 2.42. The van der Waals surface area contributed by atoms with Gasteiger partial charge >= 0.3 is 0 Å². The first-order chi connectivity index (χ1) is 13.1. The van der Waals surface area contributed by atoms with E-state index in [1.807, 2.05) is 18.2 Å². The summed E-state index contributed by atoms with van der Waals surface area (Å²) in [5.74, 6) is 2.59. The largest absolute Gasteiger partial charge is 0.504 e. The Kier molecular flexibility index (Phi) is 5.79. The SMILES string of the molecule is COc1ccc2c(c1O)CCCCC(c1cc(OC)c(OC)c(OC)c1)=C2. The van der Waals surface area contributed by atoms with Crippen molar-refractivity contribution < 1.29 is 24.1 Å². The predicted octanol–water partition coefficient (Wildman–Crippen LogP) is 4.69. The summed E-state index contributed by atoms with van der Waals surface area (Å²) < 4.78 is 21.7. The van der Waals surface area contributed by atoms with E-state index in [0.29, 0.717) is 23.0 Å². The lowest BCUT2D eigenvalue weighted by atomic mass is 9.90. The molecule has 0 atom stereocenters. The van der Waals surface area contributed by atoms with Gasteiger partial charge in [-0.15, -0.1) is 0 Å². The molecule has 0 bridgehead atoms. The van der Waals surface area contributed by atoms with Gasteiger partial charge in [0.15, 0.2) is 23.0 Å². The van der Waals surface area contributed by atoms with E-state index in [9.17, 15) is 5.11 Å². The van der Waals surface area contributed by atoms with Gasteiger partial charge in [0, 0.05) is 5.56 Å². The molecule has 2 aromatic carbocycles. The van der Waals surface area contributed by atoms with Crippen molar-refractivity contribution >= 4 is 11.6 Å². The summed E-state index contributed by atoms with van der Waals surface area (Å²) >= 11 is 0. The van der Waals surface area contributed by atoms with Crippen LogP contribution in [0.3, 0.4) is 0 Å². The zero-order valence-corrected chi connectivity index (χ0v) is 16.3. The first-order valence-electron chi connectivity index (χ1n) is 9.02. The Hall–Kier alpha value is -2.82. The lowest BCUT2D eigenvalue weighted by Gasteiger charge is -2.19. The van der Waals surface area contributed by atoms with Crippen molar-refractivity contribution in [3.63, 3.8) is 0 Å². The smallest absolute Gasteiger partial charge is 0.203 e. The summed E-state index contributed by atoms with van der Waals surface area (Å²) in [5.41, 5.74) is 4.13. The van der Waals surface area contributed by atoms with Crippen LogP contribution in [0.4, 0.5) is 0 Å². The highest BCUT2D eigenvalue weighted by Gasteiger charge is 2.18. The number of fused-ring (bicyclic) bond motifs is 1. The summed E-state index contributed by atoms with van der Waals surface area (Å²) in [6.07, 6.45) is 5.92. The van der Waals surface area contributed by atoms with Crippen molar-refractivity contribution in [3.8, 4) is 28.7 Å². The highest BCUT2D eigenvalue weighted by molar-refractivity contribution is 5.85. The standard InChI is InChI=1S/C22H26O5/c1-24-18-10-9-15-11-14(7-5-6-8-17(15)21(18)23)16-12-19(25-2)22(27-4)20(13-16)26-3/h9-13,23H,5-8H2,1-4H3. The van der Waals surface area contributed by atoms with Gasteiger partial charge in [0.05, 0.1) is 28.4 Å². The van der Waals surface area contributed by atoms with E-state index in [1.54, 1.807) is 34.5 Å². The highest BCUT2D eigenvalue weighted by atomic mass is 16.5. The van der Waals surface area contributed by atoms with E-state index in [-0.39, 0.29) is 5.75 Å². The third kappa shape index (κ3) is 3.68. The lowest BCUT2D eigenvalue weighted by molar-refractivity contribution is 0.324. The summed E-state index contributed by atoms with van der Waals surface area (Å²) in [5, 5.41) is 10.5. The molecule has 0 unspecified atom stereocenters. The van der Waals surface area contributed by atoms with Gasteiger partial charge in [-0.1, -0.05) is 12.1 Å². The van der Waals surface area contributed by atoms with Crippen molar-refractivity contribution in [1.29, 1.82) is 0 Å². The third-order valence-electron chi connectivity index (χ3n) is 4.99. The van der Waals surface area contributed by atoms with Gasteiger partial charge in [-0.2, -0.15) is 0 Å². The number of hydrogen-bond acceptors (Lipinski definition) is 5. The fourth-order valence-electron chi connectivity index (χ4n) is 3.56. The zero-order chi connectivity index (χ0) is 19.4. The molecule has 1 aliphatic rings. The van der Waals surface area contributed by atoms with Gasteiger partial charge in [0.25, 0.3) is 0 Å². The van der Waals surface area contributed by atoms with Gasteiger partial charge in [-0.3, -0.25) is 0 Å². The monoisotopic (exact) mass is 370 g/mol. The molecule has 5 heteroatoms. The first-order valence-corrected chi connectivity index (χ1v) is 9.02. The van der Waals surface area contributed by atoms with Crippen molar-refractivity contribution in [2.75, 3.05) is 28.4 Å². The lowest BCUT2D eigenvalue weighted by Crippen LogP contribution is -2.00. The minimum absolute atomic E-state index is 0.234. The minimum atomic E-state index is 0.234. The van der Waals surface area contributed by atoms with Gasteiger partial charge < -0.3 is 24.1 Å². The average Bonchev–Trinajstić information content (AvgIpc) is 2.68. The van der Waals surface area contributed by atoms with Crippen LogP contribution in [-0.2, 0) is 6.42 Å². The van der Waals surface area contributed by atoms with Crippen molar-refractivity contribution in [1.82, 2.24) is 0 Å². The average molecular weight is 370 g/mol. The maximum atomic E-state index is 10.5.